The van der Waals surface area contributed by atoms with Gasteiger partial charge >= 0.3 is 0 Å². The molecule has 2 fully saturated rings. The molecule has 0 radical (unpaired) electrons. The number of carbonyl (C=O) groups excluding carboxylic acids is 3. The molecule has 2 aliphatic rings. The van der Waals surface area contributed by atoms with Crippen LogP contribution in [0.4, 0.5) is 4.39 Å². The van der Waals surface area contributed by atoms with Crippen molar-refractivity contribution in [3.05, 3.63) is 47.0 Å². The zero-order valence-corrected chi connectivity index (χ0v) is 19.3. The molecule has 182 valence electrons. The SMILES string of the molecule is CCC(O)(Cn1nncc1CCC(=O)N1CC(=O)NC(=O)C1)c1ccc(F)c(CCC2CC2)c1. The molecule has 2 N–H and O–H groups in total. The fraction of sp³-hybridized carbons (Fsp3) is 0.542. The number of aromatic nitrogens is 3. The minimum Gasteiger partial charge on any atom is -0.383 e. The number of nitrogens with zero attached hydrogens (tertiary/aromatic N) is 4. The Morgan fingerprint density at radius 2 is 1.97 bits per heavy atom. The molecule has 1 aliphatic carbocycles. The molecule has 3 amide bonds. The predicted molar refractivity (Wildman–Crippen MR) is 120 cm³/mol. The normalized spacial score (nSPS) is 18.0. The summed E-state index contributed by atoms with van der Waals surface area (Å²) in [6, 6.07) is 4.77. The van der Waals surface area contributed by atoms with Crippen molar-refractivity contribution in [1.82, 2.24) is 25.2 Å². The van der Waals surface area contributed by atoms with Crippen molar-refractivity contribution in [2.24, 2.45) is 5.92 Å². The molecule has 4 rings (SSSR count). The van der Waals surface area contributed by atoms with Gasteiger partial charge in [0.05, 0.1) is 18.4 Å². The lowest BCUT2D eigenvalue weighted by atomic mass is 9.89. The number of nitrogens with one attached hydrogen (secondary N) is 1. The highest BCUT2D eigenvalue weighted by atomic mass is 19.1. The van der Waals surface area contributed by atoms with Crippen LogP contribution in [0.5, 0.6) is 0 Å². The number of imide groups is 1. The number of aliphatic hydroxyl groups is 1. The summed E-state index contributed by atoms with van der Waals surface area (Å²) in [6.07, 6.45) is 6.29. The topological polar surface area (TPSA) is 117 Å². The zero-order chi connectivity index (χ0) is 24.3. The lowest BCUT2D eigenvalue weighted by molar-refractivity contribution is -0.145. The number of aryl methyl sites for hydroxylation is 2. The Morgan fingerprint density at radius 3 is 2.65 bits per heavy atom. The first-order valence-electron chi connectivity index (χ1n) is 11.8. The Hall–Kier alpha value is -3.14. The van der Waals surface area contributed by atoms with Crippen LogP contribution in [0.25, 0.3) is 0 Å². The maximum Gasteiger partial charge on any atom is 0.246 e. The third kappa shape index (κ3) is 5.67. The Balaban J connectivity index is 1.43. The summed E-state index contributed by atoms with van der Waals surface area (Å²) in [5.74, 6) is -0.889. The number of halogens is 1. The molecular formula is C24H30FN5O4. The van der Waals surface area contributed by atoms with Gasteiger partial charge in [0.15, 0.2) is 0 Å². The standard InChI is InChI=1S/C24H30FN5O4/c1-2-24(34,18-7-9-20(25)17(11-18)6-5-16-3-4-16)15-30-19(12-26-28-30)8-10-23(33)29-13-21(31)27-22(32)14-29/h7,9,11-12,16,34H,2-6,8,10,13-15H2,1H3,(H,27,31,32). The van der Waals surface area contributed by atoms with E-state index in [0.29, 0.717) is 35.6 Å². The maximum absolute atomic E-state index is 14.4. The van der Waals surface area contributed by atoms with Gasteiger partial charge in [-0.05, 0) is 54.9 Å². The van der Waals surface area contributed by atoms with Gasteiger partial charge in [-0.1, -0.05) is 31.0 Å². The Bertz CT molecular complexity index is 1070. The van der Waals surface area contributed by atoms with Gasteiger partial charge in [-0.15, -0.1) is 5.10 Å². The van der Waals surface area contributed by atoms with Gasteiger partial charge in [0.25, 0.3) is 0 Å². The van der Waals surface area contributed by atoms with Gasteiger partial charge in [0, 0.05) is 6.42 Å². The van der Waals surface area contributed by atoms with E-state index < -0.39 is 17.4 Å². The molecule has 1 saturated heterocycles. The number of amides is 3. The van der Waals surface area contributed by atoms with E-state index in [2.05, 4.69) is 15.6 Å². The minimum absolute atomic E-state index is 0.0698. The minimum atomic E-state index is -1.29. The zero-order valence-electron chi connectivity index (χ0n) is 19.3. The van der Waals surface area contributed by atoms with Crippen LogP contribution in [0, 0.1) is 11.7 Å². The smallest absolute Gasteiger partial charge is 0.246 e. The van der Waals surface area contributed by atoms with E-state index in [1.165, 1.54) is 30.0 Å². The lowest BCUT2D eigenvalue weighted by Gasteiger charge is -2.28. The first-order chi connectivity index (χ1) is 16.3. The van der Waals surface area contributed by atoms with Crippen LogP contribution in [-0.4, -0.2) is 55.8 Å². The first kappa shape index (κ1) is 24.0. The molecule has 1 atom stereocenters. The quantitative estimate of drug-likeness (QED) is 0.507. The summed E-state index contributed by atoms with van der Waals surface area (Å²) in [5.41, 5.74) is 0.591. The second kappa shape index (κ2) is 10.0. The number of benzene rings is 1. The largest absolute Gasteiger partial charge is 0.383 e. The van der Waals surface area contributed by atoms with Crippen LogP contribution in [0.3, 0.4) is 0 Å². The van der Waals surface area contributed by atoms with E-state index in [1.807, 2.05) is 6.92 Å². The Labute approximate surface area is 197 Å². The highest BCUT2D eigenvalue weighted by Crippen LogP contribution is 2.35. The van der Waals surface area contributed by atoms with Crippen molar-refractivity contribution >= 4 is 17.7 Å². The third-order valence-electron chi connectivity index (χ3n) is 6.69. The van der Waals surface area contributed by atoms with Crippen LogP contribution in [0.15, 0.2) is 24.4 Å². The predicted octanol–water partition coefficient (Wildman–Crippen LogP) is 1.48. The summed E-state index contributed by atoms with van der Waals surface area (Å²) in [4.78, 5) is 36.8. The number of rotatable bonds is 10. The van der Waals surface area contributed by atoms with E-state index in [9.17, 15) is 23.9 Å². The molecule has 34 heavy (non-hydrogen) atoms. The fourth-order valence-electron chi connectivity index (χ4n) is 4.29. The van der Waals surface area contributed by atoms with E-state index in [-0.39, 0.29) is 44.2 Å². The number of carbonyl (C=O) groups is 3. The monoisotopic (exact) mass is 471 g/mol. The van der Waals surface area contributed by atoms with Crippen LogP contribution in [0.2, 0.25) is 0 Å². The van der Waals surface area contributed by atoms with Crippen molar-refractivity contribution in [1.29, 1.82) is 0 Å². The second-order valence-electron chi connectivity index (χ2n) is 9.28. The van der Waals surface area contributed by atoms with Crippen molar-refractivity contribution < 1.29 is 23.9 Å². The van der Waals surface area contributed by atoms with Crippen molar-refractivity contribution in [3.8, 4) is 0 Å². The summed E-state index contributed by atoms with van der Waals surface area (Å²) in [7, 11) is 0. The number of hydrogen-bond acceptors (Lipinski definition) is 6. The van der Waals surface area contributed by atoms with Crippen LogP contribution < -0.4 is 5.32 Å². The highest BCUT2D eigenvalue weighted by Gasteiger charge is 2.31. The van der Waals surface area contributed by atoms with Gasteiger partial charge in [-0.25, -0.2) is 9.07 Å². The molecule has 10 heteroatoms. The highest BCUT2D eigenvalue weighted by molar-refractivity contribution is 6.02. The van der Waals surface area contributed by atoms with Gasteiger partial charge in [0.2, 0.25) is 17.7 Å². The number of piperazine rings is 1. The first-order valence-corrected chi connectivity index (χ1v) is 11.8. The number of hydrogen-bond donors (Lipinski definition) is 2. The van der Waals surface area contributed by atoms with E-state index in [4.69, 9.17) is 0 Å². The van der Waals surface area contributed by atoms with Crippen molar-refractivity contribution in [2.45, 2.75) is 64.0 Å². The molecule has 9 nitrogen and oxygen atoms in total. The van der Waals surface area contributed by atoms with Crippen molar-refractivity contribution in [2.75, 3.05) is 13.1 Å². The molecule has 1 aliphatic heterocycles. The average molecular weight is 472 g/mol. The fourth-order valence-corrected chi connectivity index (χ4v) is 4.29. The van der Waals surface area contributed by atoms with Crippen LogP contribution in [-0.2, 0) is 39.4 Å². The Kier molecular flexibility index (Phi) is 7.06. The summed E-state index contributed by atoms with van der Waals surface area (Å²) >= 11 is 0. The molecule has 1 saturated carbocycles. The van der Waals surface area contributed by atoms with Crippen molar-refractivity contribution in [3.63, 3.8) is 0 Å². The maximum atomic E-state index is 14.4. The summed E-state index contributed by atoms with van der Waals surface area (Å²) < 4.78 is 15.9. The van der Waals surface area contributed by atoms with Crippen LogP contribution >= 0.6 is 0 Å². The van der Waals surface area contributed by atoms with Gasteiger partial charge in [0.1, 0.15) is 24.5 Å². The third-order valence-corrected chi connectivity index (χ3v) is 6.69. The molecule has 1 aromatic carbocycles. The van der Waals surface area contributed by atoms with Gasteiger partial charge in [-0.3, -0.25) is 19.7 Å². The molecule has 1 unspecified atom stereocenters. The summed E-state index contributed by atoms with van der Waals surface area (Å²) in [5, 5.41) is 21.7. The van der Waals surface area contributed by atoms with Crippen LogP contribution in [0.1, 0.15) is 55.8 Å². The molecular weight excluding hydrogens is 441 g/mol. The van der Waals surface area contributed by atoms with Gasteiger partial charge in [-0.2, -0.15) is 0 Å². The van der Waals surface area contributed by atoms with E-state index in [1.54, 1.807) is 16.8 Å². The van der Waals surface area contributed by atoms with E-state index in [0.717, 1.165) is 6.42 Å². The van der Waals surface area contributed by atoms with E-state index >= 15 is 0 Å². The molecule has 0 bridgehead atoms. The molecule has 2 aromatic rings. The molecule has 2 heterocycles. The van der Waals surface area contributed by atoms with Gasteiger partial charge < -0.3 is 10.0 Å². The summed E-state index contributed by atoms with van der Waals surface area (Å²) in [6.45, 7) is 1.66. The molecule has 1 aromatic heterocycles. The lowest BCUT2D eigenvalue weighted by Crippen LogP contribution is -2.53. The Morgan fingerprint density at radius 1 is 1.24 bits per heavy atom. The molecule has 0 spiro atoms. The average Bonchev–Trinajstić information content (AvgIpc) is 3.54. The second-order valence-corrected chi connectivity index (χ2v) is 9.28.